The van der Waals surface area contributed by atoms with Crippen LogP contribution < -0.4 is 5.32 Å². The SMILES string of the molecule is Cc1c([N+](=O)[O-])cnn1CC(=O)NCCCN1CCOCC1. The first-order chi connectivity index (χ1) is 10.6. The summed E-state index contributed by atoms with van der Waals surface area (Å²) in [6.45, 7) is 6.49. The standard InChI is InChI=1S/C13H21N5O4/c1-11-12(18(20)21)9-15-17(11)10-13(19)14-3-2-4-16-5-7-22-8-6-16/h9H,2-8,10H2,1H3,(H,14,19). The van der Waals surface area contributed by atoms with E-state index in [0.717, 1.165) is 39.3 Å². The maximum Gasteiger partial charge on any atom is 0.309 e. The molecule has 0 atom stereocenters. The van der Waals surface area contributed by atoms with E-state index in [0.29, 0.717) is 12.2 Å². The van der Waals surface area contributed by atoms with Crippen molar-refractivity contribution in [2.24, 2.45) is 0 Å². The van der Waals surface area contributed by atoms with Gasteiger partial charge in [-0.2, -0.15) is 5.10 Å². The van der Waals surface area contributed by atoms with Crippen LogP contribution in [0.5, 0.6) is 0 Å². The van der Waals surface area contributed by atoms with Gasteiger partial charge in [0, 0.05) is 19.6 Å². The number of carbonyl (C=O) groups excluding carboxylic acids is 1. The van der Waals surface area contributed by atoms with Crippen molar-refractivity contribution in [1.82, 2.24) is 20.0 Å². The molecule has 0 unspecified atom stereocenters. The Balaban J connectivity index is 1.68. The van der Waals surface area contributed by atoms with Gasteiger partial charge < -0.3 is 10.1 Å². The summed E-state index contributed by atoms with van der Waals surface area (Å²) < 4.78 is 6.61. The molecule has 0 aromatic carbocycles. The fourth-order valence-corrected chi connectivity index (χ4v) is 2.32. The number of hydrogen-bond donors (Lipinski definition) is 1. The molecule has 0 bridgehead atoms. The minimum absolute atomic E-state index is 0.00275. The molecule has 2 rings (SSSR count). The second-order valence-electron chi connectivity index (χ2n) is 5.19. The number of carbonyl (C=O) groups is 1. The minimum atomic E-state index is -0.501. The van der Waals surface area contributed by atoms with E-state index in [-0.39, 0.29) is 18.1 Å². The van der Waals surface area contributed by atoms with E-state index in [4.69, 9.17) is 4.74 Å². The van der Waals surface area contributed by atoms with Crippen molar-refractivity contribution in [3.8, 4) is 0 Å². The van der Waals surface area contributed by atoms with Crippen molar-refractivity contribution in [3.63, 3.8) is 0 Å². The first kappa shape index (κ1) is 16.4. The summed E-state index contributed by atoms with van der Waals surface area (Å²) in [4.78, 5) is 24.3. The zero-order valence-electron chi connectivity index (χ0n) is 12.7. The molecule has 0 saturated carbocycles. The summed E-state index contributed by atoms with van der Waals surface area (Å²) in [5, 5.41) is 17.4. The highest BCUT2D eigenvalue weighted by atomic mass is 16.6. The van der Waals surface area contributed by atoms with E-state index >= 15 is 0 Å². The lowest BCUT2D eigenvalue weighted by molar-refractivity contribution is -0.385. The van der Waals surface area contributed by atoms with Gasteiger partial charge in [-0.15, -0.1) is 0 Å². The molecule has 1 fully saturated rings. The van der Waals surface area contributed by atoms with Gasteiger partial charge in [0.05, 0.1) is 18.1 Å². The summed E-state index contributed by atoms with van der Waals surface area (Å²) >= 11 is 0. The van der Waals surface area contributed by atoms with Crippen molar-refractivity contribution in [3.05, 3.63) is 22.0 Å². The topological polar surface area (TPSA) is 103 Å². The van der Waals surface area contributed by atoms with Gasteiger partial charge in [-0.25, -0.2) is 0 Å². The zero-order chi connectivity index (χ0) is 15.9. The third-order valence-electron chi connectivity index (χ3n) is 3.64. The third kappa shape index (κ3) is 4.50. The van der Waals surface area contributed by atoms with E-state index in [1.807, 2.05) is 0 Å². The minimum Gasteiger partial charge on any atom is -0.379 e. The average Bonchev–Trinajstić information content (AvgIpc) is 2.86. The molecule has 1 N–H and O–H groups in total. The van der Waals surface area contributed by atoms with Crippen LogP contribution in [0.15, 0.2) is 6.20 Å². The highest BCUT2D eigenvalue weighted by molar-refractivity contribution is 5.75. The van der Waals surface area contributed by atoms with E-state index in [9.17, 15) is 14.9 Å². The van der Waals surface area contributed by atoms with E-state index in [1.165, 1.54) is 10.9 Å². The van der Waals surface area contributed by atoms with Gasteiger partial charge in [-0.05, 0) is 19.9 Å². The number of morpholine rings is 1. The first-order valence-electron chi connectivity index (χ1n) is 7.31. The summed E-state index contributed by atoms with van der Waals surface area (Å²) in [7, 11) is 0. The van der Waals surface area contributed by atoms with Crippen LogP contribution in [0.3, 0.4) is 0 Å². The summed E-state index contributed by atoms with van der Waals surface area (Å²) in [6.07, 6.45) is 2.03. The number of hydrogen-bond acceptors (Lipinski definition) is 6. The van der Waals surface area contributed by atoms with E-state index in [1.54, 1.807) is 6.92 Å². The van der Waals surface area contributed by atoms with Gasteiger partial charge in [-0.3, -0.25) is 24.5 Å². The van der Waals surface area contributed by atoms with E-state index < -0.39 is 4.92 Å². The number of nitro groups is 1. The molecule has 0 spiro atoms. The Morgan fingerprint density at radius 2 is 2.23 bits per heavy atom. The lowest BCUT2D eigenvalue weighted by atomic mass is 10.3. The Morgan fingerprint density at radius 1 is 1.50 bits per heavy atom. The summed E-state index contributed by atoms with van der Waals surface area (Å²) in [6, 6.07) is 0. The number of rotatable bonds is 7. The fourth-order valence-electron chi connectivity index (χ4n) is 2.32. The number of nitrogens with zero attached hydrogens (tertiary/aromatic N) is 4. The fraction of sp³-hybridized carbons (Fsp3) is 0.692. The quantitative estimate of drug-likeness (QED) is 0.430. The smallest absolute Gasteiger partial charge is 0.309 e. The van der Waals surface area contributed by atoms with Crippen LogP contribution in [0.2, 0.25) is 0 Å². The average molecular weight is 311 g/mol. The molecule has 1 aliphatic rings. The second-order valence-corrected chi connectivity index (χ2v) is 5.19. The molecule has 1 amide bonds. The number of aromatic nitrogens is 2. The maximum atomic E-state index is 11.8. The molecule has 1 saturated heterocycles. The van der Waals surface area contributed by atoms with Gasteiger partial charge in [-0.1, -0.05) is 0 Å². The molecule has 1 aromatic rings. The molecule has 1 aliphatic heterocycles. The molecule has 22 heavy (non-hydrogen) atoms. The Labute approximate surface area is 128 Å². The maximum absolute atomic E-state index is 11.8. The predicted octanol–water partition coefficient (Wildman–Crippen LogP) is -0.0618. The lowest BCUT2D eigenvalue weighted by Crippen LogP contribution is -2.38. The van der Waals surface area contributed by atoms with Gasteiger partial charge in [0.1, 0.15) is 18.4 Å². The molecular formula is C13H21N5O4. The van der Waals surface area contributed by atoms with Crippen LogP contribution in [-0.2, 0) is 16.1 Å². The van der Waals surface area contributed by atoms with Crippen LogP contribution in [-0.4, -0.2) is 64.9 Å². The molecule has 9 heteroatoms. The molecular weight excluding hydrogens is 290 g/mol. The van der Waals surface area contributed by atoms with Crippen molar-refractivity contribution in [1.29, 1.82) is 0 Å². The number of nitrogens with one attached hydrogen (secondary N) is 1. The van der Waals surface area contributed by atoms with Crippen molar-refractivity contribution in [2.75, 3.05) is 39.4 Å². The molecule has 122 valence electrons. The van der Waals surface area contributed by atoms with Crippen LogP contribution in [0.1, 0.15) is 12.1 Å². The van der Waals surface area contributed by atoms with E-state index in [2.05, 4.69) is 15.3 Å². The number of amides is 1. The highest BCUT2D eigenvalue weighted by Crippen LogP contribution is 2.15. The molecule has 0 aliphatic carbocycles. The third-order valence-corrected chi connectivity index (χ3v) is 3.64. The summed E-state index contributed by atoms with van der Waals surface area (Å²) in [5.41, 5.74) is 0.314. The van der Waals surface area contributed by atoms with Gasteiger partial charge in [0.25, 0.3) is 0 Å². The van der Waals surface area contributed by atoms with Crippen molar-refractivity contribution >= 4 is 11.6 Å². The Kier molecular flexibility index (Phi) is 5.84. The van der Waals surface area contributed by atoms with Crippen molar-refractivity contribution < 1.29 is 14.5 Å². The number of ether oxygens (including phenoxy) is 1. The Morgan fingerprint density at radius 3 is 2.86 bits per heavy atom. The van der Waals surface area contributed by atoms with Gasteiger partial charge in [0.2, 0.25) is 5.91 Å². The van der Waals surface area contributed by atoms with Gasteiger partial charge in [0.15, 0.2) is 0 Å². The highest BCUT2D eigenvalue weighted by Gasteiger charge is 2.17. The predicted molar refractivity (Wildman–Crippen MR) is 78.5 cm³/mol. The molecule has 0 radical (unpaired) electrons. The Hall–Kier alpha value is -2.00. The van der Waals surface area contributed by atoms with Crippen LogP contribution in [0.25, 0.3) is 0 Å². The summed E-state index contributed by atoms with van der Waals surface area (Å²) in [5.74, 6) is -0.192. The molecule has 9 nitrogen and oxygen atoms in total. The monoisotopic (exact) mass is 311 g/mol. The first-order valence-corrected chi connectivity index (χ1v) is 7.31. The van der Waals surface area contributed by atoms with Gasteiger partial charge >= 0.3 is 5.69 Å². The van der Waals surface area contributed by atoms with Crippen molar-refractivity contribution in [2.45, 2.75) is 19.9 Å². The molecule has 2 heterocycles. The van der Waals surface area contributed by atoms with Crippen LogP contribution >= 0.6 is 0 Å². The largest absolute Gasteiger partial charge is 0.379 e. The molecule has 1 aromatic heterocycles. The van der Waals surface area contributed by atoms with Crippen LogP contribution in [0.4, 0.5) is 5.69 Å². The van der Waals surface area contributed by atoms with Crippen LogP contribution in [0, 0.1) is 17.0 Å². The zero-order valence-corrected chi connectivity index (χ0v) is 12.7. The second kappa shape index (κ2) is 7.85. The normalized spacial score (nSPS) is 15.7. The lowest BCUT2D eigenvalue weighted by Gasteiger charge is -2.26. The Bertz CT molecular complexity index is 525.